The molecule has 1 aromatic carbocycles. The average molecular weight is 426 g/mol. The second kappa shape index (κ2) is 7.57. The van der Waals surface area contributed by atoms with E-state index in [0.717, 1.165) is 43.1 Å². The van der Waals surface area contributed by atoms with Crippen molar-refractivity contribution in [2.75, 3.05) is 0 Å². The first-order chi connectivity index (χ1) is 15.0. The quantitative estimate of drug-likeness (QED) is 0.668. The maximum atomic E-state index is 12.8. The normalized spacial score (nSPS) is 44.1. The molecule has 0 radical (unpaired) electrons. The van der Waals surface area contributed by atoms with Gasteiger partial charge in [0.25, 0.3) is 0 Å². The molecule has 7 rings (SSSR count). The van der Waals surface area contributed by atoms with Crippen LogP contribution in [0, 0.1) is 29.6 Å². The van der Waals surface area contributed by atoms with Gasteiger partial charge in [-0.05, 0) is 75.2 Å². The third kappa shape index (κ3) is 3.53. The molecule has 1 N–H and O–H groups in total. The zero-order chi connectivity index (χ0) is 21.1. The lowest BCUT2D eigenvalue weighted by Crippen LogP contribution is -2.59. The van der Waals surface area contributed by atoms with Crippen molar-refractivity contribution in [3.8, 4) is 0 Å². The monoisotopic (exact) mass is 425 g/mol. The molecular weight excluding hydrogens is 390 g/mol. The maximum Gasteiger partial charge on any atom is 0.220 e. The lowest BCUT2D eigenvalue weighted by atomic mass is 9.53. The molecule has 5 aliphatic carbocycles. The average Bonchev–Trinajstić information content (AvgIpc) is 3.11. The second-order valence-corrected chi connectivity index (χ2v) is 11.1. The Kier molecular flexibility index (Phi) is 4.93. The van der Waals surface area contributed by atoms with Gasteiger partial charge in [-0.15, -0.1) is 0 Å². The van der Waals surface area contributed by atoms with Gasteiger partial charge in [0.2, 0.25) is 17.5 Å². The SMILES string of the molecule is C[C@H](NC(=O)C[C@@H]1CCC[C@]2(C1)OOC1(O2)C2CC3CC(C2)CC1C3)c1ccccc1. The summed E-state index contributed by atoms with van der Waals surface area (Å²) in [5.41, 5.74) is 1.13. The van der Waals surface area contributed by atoms with Gasteiger partial charge in [-0.3, -0.25) is 4.79 Å². The van der Waals surface area contributed by atoms with E-state index in [4.69, 9.17) is 14.5 Å². The molecule has 4 bridgehead atoms. The van der Waals surface area contributed by atoms with E-state index in [9.17, 15) is 4.79 Å². The zero-order valence-electron chi connectivity index (χ0n) is 18.6. The highest BCUT2D eigenvalue weighted by Gasteiger charge is 2.66. The molecule has 3 atom stereocenters. The molecule has 168 valence electrons. The number of amides is 1. The van der Waals surface area contributed by atoms with Gasteiger partial charge < -0.3 is 10.1 Å². The molecule has 5 nitrogen and oxygen atoms in total. The van der Waals surface area contributed by atoms with Crippen LogP contribution >= 0.6 is 0 Å². The number of hydrogen-bond acceptors (Lipinski definition) is 4. The molecule has 0 unspecified atom stereocenters. The Morgan fingerprint density at radius 2 is 1.77 bits per heavy atom. The first kappa shape index (κ1) is 20.2. The Bertz CT molecular complexity index is 798. The minimum Gasteiger partial charge on any atom is -0.350 e. The van der Waals surface area contributed by atoms with E-state index in [2.05, 4.69) is 17.4 Å². The molecule has 5 saturated carbocycles. The highest BCUT2D eigenvalue weighted by atomic mass is 17.3. The highest BCUT2D eigenvalue weighted by Crippen LogP contribution is 2.64. The lowest BCUT2D eigenvalue weighted by molar-refractivity contribution is -0.390. The predicted octanol–water partition coefficient (Wildman–Crippen LogP) is 5.27. The molecule has 1 aromatic rings. The fourth-order valence-electron chi connectivity index (χ4n) is 7.64. The van der Waals surface area contributed by atoms with Crippen molar-refractivity contribution in [3.05, 3.63) is 35.9 Å². The van der Waals surface area contributed by atoms with Crippen LogP contribution in [0.2, 0.25) is 0 Å². The molecule has 5 heteroatoms. The summed E-state index contributed by atoms with van der Waals surface area (Å²) < 4.78 is 6.84. The van der Waals surface area contributed by atoms with Crippen LogP contribution < -0.4 is 5.32 Å². The van der Waals surface area contributed by atoms with Gasteiger partial charge in [0.1, 0.15) is 0 Å². The van der Waals surface area contributed by atoms with Gasteiger partial charge in [-0.25, -0.2) is 0 Å². The second-order valence-electron chi connectivity index (χ2n) is 11.1. The fraction of sp³-hybridized carbons (Fsp3) is 0.731. The zero-order valence-corrected chi connectivity index (χ0v) is 18.6. The summed E-state index contributed by atoms with van der Waals surface area (Å²) in [5, 5.41) is 3.17. The van der Waals surface area contributed by atoms with Gasteiger partial charge in [-0.2, -0.15) is 9.78 Å². The molecule has 0 aromatic heterocycles. The van der Waals surface area contributed by atoms with Crippen molar-refractivity contribution in [3.63, 3.8) is 0 Å². The third-order valence-corrected chi connectivity index (χ3v) is 8.87. The smallest absolute Gasteiger partial charge is 0.220 e. The Morgan fingerprint density at radius 1 is 1.06 bits per heavy atom. The van der Waals surface area contributed by atoms with Crippen molar-refractivity contribution >= 4 is 5.91 Å². The first-order valence-electron chi connectivity index (χ1n) is 12.4. The number of carbonyl (C=O) groups excluding carboxylic acids is 1. The summed E-state index contributed by atoms with van der Waals surface area (Å²) in [6, 6.07) is 10.2. The van der Waals surface area contributed by atoms with Crippen LogP contribution in [0.15, 0.2) is 30.3 Å². The van der Waals surface area contributed by atoms with E-state index >= 15 is 0 Å². The molecule has 6 aliphatic rings. The predicted molar refractivity (Wildman–Crippen MR) is 115 cm³/mol. The largest absolute Gasteiger partial charge is 0.350 e. The Morgan fingerprint density at radius 3 is 2.48 bits per heavy atom. The Labute approximate surface area is 185 Å². The van der Waals surface area contributed by atoms with E-state index in [-0.39, 0.29) is 17.9 Å². The number of rotatable bonds is 4. The number of carbonyl (C=O) groups is 1. The Hall–Kier alpha value is -1.43. The maximum absolute atomic E-state index is 12.8. The summed E-state index contributed by atoms with van der Waals surface area (Å²) in [4.78, 5) is 25.0. The molecule has 6 fully saturated rings. The molecule has 2 spiro atoms. The van der Waals surface area contributed by atoms with Crippen LogP contribution in [-0.4, -0.2) is 17.5 Å². The van der Waals surface area contributed by atoms with Crippen LogP contribution in [0.3, 0.4) is 0 Å². The summed E-state index contributed by atoms with van der Waals surface area (Å²) in [6.45, 7) is 2.04. The van der Waals surface area contributed by atoms with Crippen molar-refractivity contribution in [2.24, 2.45) is 29.6 Å². The van der Waals surface area contributed by atoms with Crippen molar-refractivity contribution in [2.45, 2.75) is 88.7 Å². The number of hydrogen-bond donors (Lipinski definition) is 1. The molecule has 1 aliphatic heterocycles. The number of ether oxygens (including phenoxy) is 1. The topological polar surface area (TPSA) is 56.8 Å². The van der Waals surface area contributed by atoms with Crippen molar-refractivity contribution < 1.29 is 19.3 Å². The van der Waals surface area contributed by atoms with E-state index in [1.807, 2.05) is 25.1 Å². The summed E-state index contributed by atoms with van der Waals surface area (Å²) >= 11 is 0. The Balaban J connectivity index is 1.09. The molecule has 1 heterocycles. The summed E-state index contributed by atoms with van der Waals surface area (Å²) in [7, 11) is 0. The summed E-state index contributed by atoms with van der Waals surface area (Å²) in [6.07, 6.45) is 10.6. The lowest BCUT2D eigenvalue weighted by Gasteiger charge is -2.57. The van der Waals surface area contributed by atoms with Gasteiger partial charge in [0, 0.05) is 31.1 Å². The van der Waals surface area contributed by atoms with Crippen LogP contribution in [0.1, 0.15) is 82.7 Å². The van der Waals surface area contributed by atoms with Gasteiger partial charge in [-0.1, -0.05) is 30.3 Å². The molecule has 1 amide bonds. The first-order valence-corrected chi connectivity index (χ1v) is 12.4. The molecular formula is C26H35NO4. The van der Waals surface area contributed by atoms with E-state index in [0.29, 0.717) is 18.3 Å². The minimum absolute atomic E-state index is 0.0184. The highest BCUT2D eigenvalue weighted by molar-refractivity contribution is 5.76. The van der Waals surface area contributed by atoms with E-state index < -0.39 is 11.6 Å². The minimum atomic E-state index is -0.649. The molecule has 31 heavy (non-hydrogen) atoms. The number of nitrogens with one attached hydrogen (secondary N) is 1. The summed E-state index contributed by atoms with van der Waals surface area (Å²) in [5.74, 6) is 1.92. The third-order valence-electron chi connectivity index (χ3n) is 8.87. The molecule has 1 saturated heterocycles. The van der Waals surface area contributed by atoms with E-state index in [1.54, 1.807) is 0 Å². The van der Waals surface area contributed by atoms with Gasteiger partial charge in [0.15, 0.2) is 0 Å². The fourth-order valence-corrected chi connectivity index (χ4v) is 7.64. The van der Waals surface area contributed by atoms with E-state index in [1.165, 1.54) is 32.1 Å². The van der Waals surface area contributed by atoms with Crippen LogP contribution in [0.4, 0.5) is 0 Å². The van der Waals surface area contributed by atoms with Crippen LogP contribution in [0.25, 0.3) is 0 Å². The number of benzene rings is 1. The van der Waals surface area contributed by atoms with Gasteiger partial charge >= 0.3 is 0 Å². The van der Waals surface area contributed by atoms with Crippen LogP contribution in [0.5, 0.6) is 0 Å². The standard InChI is InChI=1S/C26H35NO4/c1-17(21-7-3-2-4-8-21)27-24(28)15-18-6-5-9-25(16-18)29-26(31-30-25)22-11-19-10-20(13-22)14-23(26)12-19/h2-4,7-8,17-20,22-23H,5-6,9-16H2,1H3,(H,27,28)/t17-,18-,19?,20?,22?,23?,25+,26?/m0/s1. The van der Waals surface area contributed by atoms with Crippen molar-refractivity contribution in [1.29, 1.82) is 0 Å². The van der Waals surface area contributed by atoms with Crippen molar-refractivity contribution in [1.82, 2.24) is 5.32 Å². The van der Waals surface area contributed by atoms with Gasteiger partial charge in [0.05, 0.1) is 6.04 Å². The van der Waals surface area contributed by atoms with Crippen LogP contribution in [-0.2, 0) is 19.3 Å².